The Bertz CT molecular complexity index is 522. The van der Waals surface area contributed by atoms with Crippen molar-refractivity contribution in [3.8, 4) is 0 Å². The van der Waals surface area contributed by atoms with Crippen molar-refractivity contribution in [3.63, 3.8) is 0 Å². The lowest BCUT2D eigenvalue weighted by molar-refractivity contribution is -0.117. The maximum Gasteiger partial charge on any atom is 0.244 e. The van der Waals surface area contributed by atoms with E-state index in [-0.39, 0.29) is 18.6 Å². The van der Waals surface area contributed by atoms with Crippen molar-refractivity contribution in [2.45, 2.75) is 25.8 Å². The predicted molar refractivity (Wildman–Crippen MR) is 86.0 cm³/mol. The second-order valence-electron chi connectivity index (χ2n) is 5.44. The summed E-state index contributed by atoms with van der Waals surface area (Å²) in [6.45, 7) is 3.76. The van der Waals surface area contributed by atoms with Crippen LogP contribution in [0, 0.1) is 0 Å². The van der Waals surface area contributed by atoms with Gasteiger partial charge in [-0.25, -0.2) is 0 Å². The molecule has 1 unspecified atom stereocenters. The minimum Gasteiger partial charge on any atom is -0.399 e. The maximum absolute atomic E-state index is 11.7. The standard InChI is InChI=1S/C16H23N3O2/c1-12(11-20)18-16(21)7-4-13-10-14(17)5-6-15(13)19-8-2-3-9-19/h4-7,10,12,20H,2-3,8-9,11,17H2,1H3,(H,18,21)/b7-4+. The average molecular weight is 289 g/mol. The molecule has 0 bridgehead atoms. The molecule has 1 heterocycles. The molecule has 1 amide bonds. The van der Waals surface area contributed by atoms with Gasteiger partial charge in [-0.3, -0.25) is 4.79 Å². The van der Waals surface area contributed by atoms with Crippen molar-refractivity contribution in [2.75, 3.05) is 30.3 Å². The lowest BCUT2D eigenvalue weighted by Gasteiger charge is -2.20. The molecule has 1 aromatic carbocycles. The van der Waals surface area contributed by atoms with Crippen LogP contribution in [0.1, 0.15) is 25.3 Å². The molecule has 5 heteroatoms. The Labute approximate surface area is 125 Å². The van der Waals surface area contributed by atoms with Crippen molar-refractivity contribution in [1.82, 2.24) is 5.32 Å². The van der Waals surface area contributed by atoms with Gasteiger partial charge in [0.15, 0.2) is 0 Å². The Morgan fingerprint density at radius 2 is 2.19 bits per heavy atom. The second kappa shape index (κ2) is 7.13. The van der Waals surface area contributed by atoms with Crippen molar-refractivity contribution in [3.05, 3.63) is 29.8 Å². The third-order valence-electron chi connectivity index (χ3n) is 3.58. The van der Waals surface area contributed by atoms with Gasteiger partial charge < -0.3 is 21.1 Å². The summed E-state index contributed by atoms with van der Waals surface area (Å²) in [4.78, 5) is 14.1. The third kappa shape index (κ3) is 4.23. The van der Waals surface area contributed by atoms with Gasteiger partial charge in [-0.2, -0.15) is 0 Å². The number of hydrogen-bond acceptors (Lipinski definition) is 4. The molecule has 2 rings (SSSR count). The van der Waals surface area contributed by atoms with E-state index in [1.165, 1.54) is 18.9 Å². The van der Waals surface area contributed by atoms with Gasteiger partial charge in [0.05, 0.1) is 6.61 Å². The number of aliphatic hydroxyl groups excluding tert-OH is 1. The molecule has 0 saturated carbocycles. The van der Waals surface area contributed by atoms with E-state index in [2.05, 4.69) is 10.2 Å². The van der Waals surface area contributed by atoms with Crippen molar-refractivity contribution >= 4 is 23.4 Å². The van der Waals surface area contributed by atoms with Gasteiger partial charge in [-0.15, -0.1) is 0 Å². The number of carbonyl (C=O) groups excluding carboxylic acids is 1. The fourth-order valence-electron chi connectivity index (χ4n) is 2.45. The van der Waals surface area contributed by atoms with E-state index in [4.69, 9.17) is 10.8 Å². The zero-order valence-electron chi connectivity index (χ0n) is 12.4. The first-order chi connectivity index (χ1) is 10.1. The molecule has 1 atom stereocenters. The number of carbonyl (C=O) groups is 1. The highest BCUT2D eigenvalue weighted by molar-refractivity contribution is 5.93. The van der Waals surface area contributed by atoms with Crippen LogP contribution in [-0.4, -0.2) is 36.8 Å². The second-order valence-corrected chi connectivity index (χ2v) is 5.44. The number of nitrogens with one attached hydrogen (secondary N) is 1. The van der Waals surface area contributed by atoms with Crippen LogP contribution in [0.15, 0.2) is 24.3 Å². The molecule has 0 spiro atoms. The number of nitrogen functional groups attached to an aromatic ring is 1. The quantitative estimate of drug-likeness (QED) is 0.565. The molecule has 0 aliphatic carbocycles. The van der Waals surface area contributed by atoms with Gasteiger partial charge in [0.2, 0.25) is 5.91 Å². The van der Waals surface area contributed by atoms with Crippen LogP contribution in [0.5, 0.6) is 0 Å². The smallest absolute Gasteiger partial charge is 0.244 e. The summed E-state index contributed by atoms with van der Waals surface area (Å²) in [5.41, 5.74) is 8.59. The summed E-state index contributed by atoms with van der Waals surface area (Å²) in [5, 5.41) is 11.6. The Morgan fingerprint density at radius 1 is 1.48 bits per heavy atom. The molecule has 4 N–H and O–H groups in total. The Kier molecular flexibility index (Phi) is 5.22. The van der Waals surface area contributed by atoms with E-state index in [0.717, 1.165) is 24.3 Å². The van der Waals surface area contributed by atoms with Crippen molar-refractivity contribution in [1.29, 1.82) is 0 Å². The highest BCUT2D eigenvalue weighted by Crippen LogP contribution is 2.27. The summed E-state index contributed by atoms with van der Waals surface area (Å²) < 4.78 is 0. The average Bonchev–Trinajstić information content (AvgIpc) is 2.99. The first kappa shape index (κ1) is 15.4. The predicted octanol–water partition coefficient (Wildman–Crippen LogP) is 1.38. The molecule has 21 heavy (non-hydrogen) atoms. The van der Waals surface area contributed by atoms with Crippen LogP contribution < -0.4 is 16.0 Å². The first-order valence-corrected chi connectivity index (χ1v) is 7.34. The van der Waals surface area contributed by atoms with E-state index < -0.39 is 0 Å². The molecule has 1 aromatic rings. The fourth-order valence-corrected chi connectivity index (χ4v) is 2.45. The van der Waals surface area contributed by atoms with Crippen LogP contribution in [0.2, 0.25) is 0 Å². The number of nitrogens with zero attached hydrogens (tertiary/aromatic N) is 1. The topological polar surface area (TPSA) is 78.6 Å². The monoisotopic (exact) mass is 289 g/mol. The van der Waals surface area contributed by atoms with Gasteiger partial charge >= 0.3 is 0 Å². The largest absolute Gasteiger partial charge is 0.399 e. The molecule has 1 saturated heterocycles. The van der Waals surface area contributed by atoms with Gasteiger partial charge in [0.1, 0.15) is 0 Å². The van der Waals surface area contributed by atoms with Crippen LogP contribution in [0.25, 0.3) is 6.08 Å². The van der Waals surface area contributed by atoms with Crippen molar-refractivity contribution < 1.29 is 9.90 Å². The van der Waals surface area contributed by atoms with Crippen molar-refractivity contribution in [2.24, 2.45) is 0 Å². The summed E-state index contributed by atoms with van der Waals surface area (Å²) >= 11 is 0. The van der Waals surface area contributed by atoms with Gasteiger partial charge in [0.25, 0.3) is 0 Å². The molecule has 0 radical (unpaired) electrons. The summed E-state index contributed by atoms with van der Waals surface area (Å²) in [5.74, 6) is -0.216. The molecular weight excluding hydrogens is 266 g/mol. The van der Waals surface area contributed by atoms with E-state index in [0.29, 0.717) is 5.69 Å². The molecule has 1 aliphatic rings. The molecule has 0 aromatic heterocycles. The number of anilines is 2. The SMILES string of the molecule is CC(CO)NC(=O)/C=C/c1cc(N)ccc1N1CCCC1. The number of hydrogen-bond donors (Lipinski definition) is 3. The molecule has 114 valence electrons. The number of rotatable bonds is 5. The van der Waals surface area contributed by atoms with Crippen LogP contribution in [0.3, 0.4) is 0 Å². The number of nitrogens with two attached hydrogens (primary N) is 1. The van der Waals surface area contributed by atoms with Gasteiger partial charge in [-0.05, 0) is 44.0 Å². The molecule has 1 aliphatic heterocycles. The van der Waals surface area contributed by atoms with E-state index in [1.54, 1.807) is 13.0 Å². The zero-order chi connectivity index (χ0) is 15.2. The lowest BCUT2D eigenvalue weighted by Crippen LogP contribution is -2.33. The Morgan fingerprint density at radius 3 is 2.86 bits per heavy atom. The molecule has 1 fully saturated rings. The lowest BCUT2D eigenvalue weighted by atomic mass is 10.1. The van der Waals surface area contributed by atoms with E-state index in [9.17, 15) is 4.79 Å². The van der Waals surface area contributed by atoms with Crippen LogP contribution in [0.4, 0.5) is 11.4 Å². The highest BCUT2D eigenvalue weighted by atomic mass is 16.3. The Balaban J connectivity index is 2.14. The maximum atomic E-state index is 11.7. The minimum absolute atomic E-state index is 0.0725. The summed E-state index contributed by atoms with van der Waals surface area (Å²) in [6.07, 6.45) is 5.66. The Hall–Kier alpha value is -2.01. The van der Waals surface area contributed by atoms with Crippen LogP contribution >= 0.6 is 0 Å². The third-order valence-corrected chi connectivity index (χ3v) is 3.58. The van der Waals surface area contributed by atoms with E-state index in [1.807, 2.05) is 18.2 Å². The zero-order valence-corrected chi connectivity index (χ0v) is 12.4. The summed E-state index contributed by atoms with van der Waals surface area (Å²) in [7, 11) is 0. The molecule has 5 nitrogen and oxygen atoms in total. The number of benzene rings is 1. The number of aliphatic hydroxyl groups is 1. The minimum atomic E-state index is -0.249. The van der Waals surface area contributed by atoms with Crippen LogP contribution in [-0.2, 0) is 4.79 Å². The van der Waals surface area contributed by atoms with Gasteiger partial charge in [-0.1, -0.05) is 0 Å². The summed E-state index contributed by atoms with van der Waals surface area (Å²) in [6, 6.07) is 5.53. The highest BCUT2D eigenvalue weighted by Gasteiger charge is 2.15. The first-order valence-electron chi connectivity index (χ1n) is 7.34. The van der Waals surface area contributed by atoms with E-state index >= 15 is 0 Å². The normalized spacial score (nSPS) is 16.4. The molecular formula is C16H23N3O2. The number of amides is 1. The fraction of sp³-hybridized carbons (Fsp3) is 0.438. The van der Waals surface area contributed by atoms with Gasteiger partial charge in [0, 0.05) is 42.1 Å².